The Morgan fingerprint density at radius 1 is 1.25 bits per heavy atom. The van der Waals surface area contributed by atoms with Crippen LogP contribution in [0.4, 0.5) is 0 Å². The van der Waals surface area contributed by atoms with Gasteiger partial charge in [0.15, 0.2) is 0 Å². The van der Waals surface area contributed by atoms with Crippen molar-refractivity contribution in [1.82, 2.24) is 10.2 Å². The van der Waals surface area contributed by atoms with Crippen molar-refractivity contribution in [2.75, 3.05) is 26.2 Å². The van der Waals surface area contributed by atoms with E-state index in [9.17, 15) is 0 Å². The summed E-state index contributed by atoms with van der Waals surface area (Å²) in [5.41, 5.74) is 0.291. The van der Waals surface area contributed by atoms with Crippen LogP contribution in [-0.2, 0) is 0 Å². The summed E-state index contributed by atoms with van der Waals surface area (Å²) in [6.45, 7) is 11.6. The van der Waals surface area contributed by atoms with Crippen LogP contribution in [-0.4, -0.2) is 36.6 Å². The van der Waals surface area contributed by atoms with Crippen molar-refractivity contribution in [3.05, 3.63) is 0 Å². The van der Waals surface area contributed by atoms with Crippen molar-refractivity contribution in [1.29, 1.82) is 0 Å². The van der Waals surface area contributed by atoms with Crippen LogP contribution in [0.5, 0.6) is 0 Å². The Balaban J connectivity index is 2.27. The Labute approximate surface area is 76.3 Å². The van der Waals surface area contributed by atoms with Crippen molar-refractivity contribution in [3.63, 3.8) is 0 Å². The van der Waals surface area contributed by atoms with Crippen molar-refractivity contribution >= 4 is 0 Å². The second kappa shape index (κ2) is 4.24. The van der Waals surface area contributed by atoms with Crippen LogP contribution in [0, 0.1) is 0 Å². The molecule has 0 aromatic rings. The zero-order valence-corrected chi connectivity index (χ0v) is 8.69. The fourth-order valence-electron chi connectivity index (χ4n) is 2.03. The van der Waals surface area contributed by atoms with E-state index in [1.54, 1.807) is 0 Å². The number of likely N-dealkylation sites (N-methyl/N-ethyl adjacent to an activating group) is 1. The molecule has 1 fully saturated rings. The van der Waals surface area contributed by atoms with Gasteiger partial charge >= 0.3 is 0 Å². The Morgan fingerprint density at radius 3 is 2.33 bits per heavy atom. The highest BCUT2D eigenvalue weighted by atomic mass is 15.2. The third kappa shape index (κ3) is 3.11. The molecule has 0 amide bonds. The highest BCUT2D eigenvalue weighted by Gasteiger charge is 2.22. The third-order valence-electron chi connectivity index (χ3n) is 2.47. The van der Waals surface area contributed by atoms with E-state index in [4.69, 9.17) is 0 Å². The maximum Gasteiger partial charge on any atom is 0.0252 e. The van der Waals surface area contributed by atoms with E-state index in [0.717, 1.165) is 6.54 Å². The van der Waals surface area contributed by atoms with E-state index >= 15 is 0 Å². The molecule has 72 valence electrons. The summed E-state index contributed by atoms with van der Waals surface area (Å²) in [4.78, 5) is 2.56. The normalized spacial score (nSPS) is 20.2. The second-order valence-electron chi connectivity index (χ2n) is 4.40. The zero-order chi connectivity index (χ0) is 9.03. The van der Waals surface area contributed by atoms with Gasteiger partial charge in [-0.25, -0.2) is 0 Å². The standard InChI is InChI=1S/C10H22N2/c1-4-11-10(2,3)9-12-7-5-6-8-12/h11H,4-9H2,1-3H3. The fourth-order valence-corrected chi connectivity index (χ4v) is 2.03. The van der Waals surface area contributed by atoms with Crippen LogP contribution >= 0.6 is 0 Å². The second-order valence-corrected chi connectivity index (χ2v) is 4.40. The number of hydrogen-bond donors (Lipinski definition) is 1. The third-order valence-corrected chi connectivity index (χ3v) is 2.47. The molecular formula is C10H22N2. The average molecular weight is 170 g/mol. The predicted molar refractivity (Wildman–Crippen MR) is 53.4 cm³/mol. The Morgan fingerprint density at radius 2 is 1.83 bits per heavy atom. The number of hydrogen-bond acceptors (Lipinski definition) is 2. The smallest absolute Gasteiger partial charge is 0.0252 e. The highest BCUT2D eigenvalue weighted by Crippen LogP contribution is 2.12. The summed E-state index contributed by atoms with van der Waals surface area (Å²) in [7, 11) is 0. The number of nitrogens with zero attached hydrogens (tertiary/aromatic N) is 1. The molecule has 0 saturated carbocycles. The van der Waals surface area contributed by atoms with Gasteiger partial charge < -0.3 is 10.2 Å². The molecule has 12 heavy (non-hydrogen) atoms. The first-order valence-electron chi connectivity index (χ1n) is 5.11. The molecule has 0 unspecified atom stereocenters. The molecule has 0 spiro atoms. The molecule has 1 rings (SSSR count). The predicted octanol–water partition coefficient (Wildman–Crippen LogP) is 1.47. The molecule has 0 atom stereocenters. The summed E-state index contributed by atoms with van der Waals surface area (Å²) in [5.74, 6) is 0. The lowest BCUT2D eigenvalue weighted by Crippen LogP contribution is -2.48. The molecule has 0 aromatic carbocycles. The SMILES string of the molecule is CCNC(C)(C)CN1CCCC1. The van der Waals surface area contributed by atoms with Gasteiger partial charge in [0.2, 0.25) is 0 Å². The van der Waals surface area contributed by atoms with Gasteiger partial charge in [0, 0.05) is 12.1 Å². The minimum atomic E-state index is 0.291. The summed E-state index contributed by atoms with van der Waals surface area (Å²) in [6, 6.07) is 0. The molecule has 1 aliphatic heterocycles. The fraction of sp³-hybridized carbons (Fsp3) is 1.00. The van der Waals surface area contributed by atoms with Crippen LogP contribution in [0.2, 0.25) is 0 Å². The average Bonchev–Trinajstić information content (AvgIpc) is 2.38. The molecule has 0 aromatic heterocycles. The first-order valence-corrected chi connectivity index (χ1v) is 5.11. The molecule has 0 aliphatic carbocycles. The molecule has 1 aliphatic rings. The highest BCUT2D eigenvalue weighted by molar-refractivity contribution is 4.82. The Bertz CT molecular complexity index is 126. The lowest BCUT2D eigenvalue weighted by Gasteiger charge is -2.30. The van der Waals surface area contributed by atoms with Gasteiger partial charge in [0.1, 0.15) is 0 Å². The molecule has 1 heterocycles. The molecule has 1 N–H and O–H groups in total. The summed E-state index contributed by atoms with van der Waals surface area (Å²) in [5, 5.41) is 3.51. The van der Waals surface area contributed by atoms with Gasteiger partial charge in [0.05, 0.1) is 0 Å². The summed E-state index contributed by atoms with van der Waals surface area (Å²) >= 11 is 0. The maximum absolute atomic E-state index is 3.51. The molecular weight excluding hydrogens is 148 g/mol. The Kier molecular flexibility index (Phi) is 3.53. The van der Waals surface area contributed by atoms with Crippen molar-refractivity contribution < 1.29 is 0 Å². The molecule has 2 nitrogen and oxygen atoms in total. The van der Waals surface area contributed by atoms with Crippen molar-refractivity contribution in [2.24, 2.45) is 0 Å². The van der Waals surface area contributed by atoms with Crippen molar-refractivity contribution in [2.45, 2.75) is 39.2 Å². The number of rotatable bonds is 4. The molecule has 1 saturated heterocycles. The van der Waals surface area contributed by atoms with Crippen LogP contribution in [0.25, 0.3) is 0 Å². The Hall–Kier alpha value is -0.0800. The van der Waals surface area contributed by atoms with E-state index in [1.165, 1.54) is 32.5 Å². The van der Waals surface area contributed by atoms with Gasteiger partial charge in [-0.1, -0.05) is 6.92 Å². The van der Waals surface area contributed by atoms with Gasteiger partial charge in [-0.15, -0.1) is 0 Å². The first-order chi connectivity index (χ1) is 5.64. The van der Waals surface area contributed by atoms with E-state index in [2.05, 4.69) is 31.0 Å². The van der Waals surface area contributed by atoms with E-state index in [1.807, 2.05) is 0 Å². The van der Waals surface area contributed by atoms with Crippen LogP contribution in [0.1, 0.15) is 33.6 Å². The lowest BCUT2D eigenvalue weighted by molar-refractivity contribution is 0.238. The molecule has 0 bridgehead atoms. The van der Waals surface area contributed by atoms with Gasteiger partial charge in [-0.2, -0.15) is 0 Å². The van der Waals surface area contributed by atoms with Crippen molar-refractivity contribution in [3.8, 4) is 0 Å². The van der Waals surface area contributed by atoms with Gasteiger partial charge in [0.25, 0.3) is 0 Å². The van der Waals surface area contributed by atoms with Gasteiger partial charge in [-0.3, -0.25) is 0 Å². The number of nitrogens with one attached hydrogen (secondary N) is 1. The zero-order valence-electron chi connectivity index (χ0n) is 8.69. The lowest BCUT2D eigenvalue weighted by atomic mass is 10.1. The van der Waals surface area contributed by atoms with Crippen LogP contribution in [0.3, 0.4) is 0 Å². The minimum absolute atomic E-state index is 0.291. The first kappa shape index (κ1) is 10.0. The summed E-state index contributed by atoms with van der Waals surface area (Å²) < 4.78 is 0. The quantitative estimate of drug-likeness (QED) is 0.687. The monoisotopic (exact) mass is 170 g/mol. The van der Waals surface area contributed by atoms with E-state index in [-0.39, 0.29) is 0 Å². The molecule has 0 radical (unpaired) electrons. The van der Waals surface area contributed by atoms with E-state index < -0.39 is 0 Å². The van der Waals surface area contributed by atoms with E-state index in [0.29, 0.717) is 5.54 Å². The molecule has 2 heteroatoms. The van der Waals surface area contributed by atoms with Crippen LogP contribution < -0.4 is 5.32 Å². The topological polar surface area (TPSA) is 15.3 Å². The minimum Gasteiger partial charge on any atom is -0.311 e. The van der Waals surface area contributed by atoms with Crippen LogP contribution in [0.15, 0.2) is 0 Å². The largest absolute Gasteiger partial charge is 0.311 e. The number of likely N-dealkylation sites (tertiary alicyclic amines) is 1. The summed E-state index contributed by atoms with van der Waals surface area (Å²) in [6.07, 6.45) is 2.78. The maximum atomic E-state index is 3.51. The van der Waals surface area contributed by atoms with Gasteiger partial charge in [-0.05, 0) is 46.3 Å².